The van der Waals surface area contributed by atoms with Gasteiger partial charge in [-0.15, -0.1) is 0 Å². The van der Waals surface area contributed by atoms with E-state index in [2.05, 4.69) is 0 Å². The van der Waals surface area contributed by atoms with Crippen molar-refractivity contribution in [1.29, 1.82) is 0 Å². The van der Waals surface area contributed by atoms with E-state index in [0.29, 0.717) is 0 Å². The normalized spacial score (nSPS) is 0. The zero-order valence-electron chi connectivity index (χ0n) is 2.51. The number of rotatable bonds is 0. The Hall–Kier alpha value is 5.38. The van der Waals surface area contributed by atoms with Gasteiger partial charge in [0.15, 0.2) is 0 Å². The molecule has 0 fully saturated rings. The largest absolute Gasteiger partial charge is 0 e. The Kier molecular flexibility index (Phi) is 223. The van der Waals surface area contributed by atoms with Crippen LogP contribution in [0.2, 0.25) is 0 Å². The van der Waals surface area contributed by atoms with E-state index in [9.17, 15) is 0 Å². The fourth-order valence-corrected chi connectivity index (χ4v) is 0. The molecule has 0 aliphatic carbocycles. The van der Waals surface area contributed by atoms with E-state index in [4.69, 9.17) is 0 Å². The van der Waals surface area contributed by atoms with E-state index in [-0.39, 0.29) is 170 Å². The number of hydrogen-bond acceptors (Lipinski definition) is 0. The molecule has 0 aliphatic rings. The average Bonchev–Trinajstić information content (AvgIpc) is 0. The molecule has 0 saturated heterocycles. The van der Waals surface area contributed by atoms with Crippen molar-refractivity contribution in [3.05, 3.63) is 0 Å². The SMILES string of the molecule is [B].[Ce].[Fe].[InH3].[La].[Nd]. The Morgan fingerprint density at radius 2 is 1.00 bits per heavy atom. The summed E-state index contributed by atoms with van der Waals surface area (Å²) >= 11 is 0. The topological polar surface area (TPSA) is 0 Å². The minimum atomic E-state index is 0. The molecule has 0 unspecified atom stereocenters. The first-order chi connectivity index (χ1) is 0. The predicted molar refractivity (Wildman–Crippen MR) is 15.7 cm³/mol. The first-order valence-electron chi connectivity index (χ1n) is 0. The van der Waals surface area contributed by atoms with Crippen molar-refractivity contribution in [1.82, 2.24) is 0 Å². The van der Waals surface area contributed by atoms with Gasteiger partial charge in [0.1, 0.15) is 0 Å². The van der Waals surface area contributed by atoms with Crippen LogP contribution in [-0.2, 0) is 17.1 Å². The van der Waals surface area contributed by atoms with Crippen LogP contribution in [0, 0.1) is 118 Å². The van der Waals surface area contributed by atoms with E-state index in [1.165, 1.54) is 0 Å². The number of hydrogen-bond donors (Lipinski definition) is 0. The summed E-state index contributed by atoms with van der Waals surface area (Å²) in [7, 11) is 0. The third-order valence-corrected chi connectivity index (χ3v) is 0. The second-order valence-electron chi connectivity index (χ2n) is 0. The van der Waals surface area contributed by atoms with Crippen molar-refractivity contribution in [3.63, 3.8) is 0 Å². The van der Waals surface area contributed by atoms with Crippen molar-refractivity contribution in [2.75, 3.05) is 0 Å². The van der Waals surface area contributed by atoms with Crippen LogP contribution in [-0.4, -0.2) is 34.3 Å². The van der Waals surface area contributed by atoms with Crippen LogP contribution < -0.4 is 0 Å². The third kappa shape index (κ3) is 22.8. The second kappa shape index (κ2) is 31.6. The van der Waals surface area contributed by atoms with Gasteiger partial charge >= 0.3 is 25.8 Å². The van der Waals surface area contributed by atoms with Gasteiger partial charge < -0.3 is 0 Å². The summed E-state index contributed by atoms with van der Waals surface area (Å²) in [6.45, 7) is 0. The first kappa shape index (κ1) is 42.4. The van der Waals surface area contributed by atoms with E-state index in [1.807, 2.05) is 0 Å². The molecule has 0 aromatic heterocycles. The standard InChI is InChI=1S/B.Ce.Fe.In.La.Nd.3H. The van der Waals surface area contributed by atoms with Gasteiger partial charge in [-0.1, -0.05) is 0 Å². The Balaban J connectivity index is 0. The van der Waals surface area contributed by atoms with E-state index >= 15 is 0 Å². The van der Waals surface area contributed by atoms with Crippen LogP contribution in [0.25, 0.3) is 0 Å². The Labute approximate surface area is 164 Å². The molecule has 0 aliphatic heterocycles. The molecule has 0 saturated carbocycles. The summed E-state index contributed by atoms with van der Waals surface area (Å²) in [5.41, 5.74) is 0. The van der Waals surface area contributed by atoms with Gasteiger partial charge in [0.2, 0.25) is 0 Å². The molecule has 0 aromatic rings. The Morgan fingerprint density at radius 3 is 1.00 bits per heavy atom. The summed E-state index contributed by atoms with van der Waals surface area (Å²) in [6.07, 6.45) is 0. The van der Waals surface area contributed by atoms with Crippen LogP contribution in [0.4, 0.5) is 0 Å². The summed E-state index contributed by atoms with van der Waals surface area (Å²) in [6, 6.07) is 0. The monoisotopic (exact) mass is 606 g/mol. The van der Waals surface area contributed by atoms with Crippen molar-refractivity contribution in [3.8, 4) is 0 Å². The summed E-state index contributed by atoms with van der Waals surface area (Å²) in [5.74, 6) is 0. The summed E-state index contributed by atoms with van der Waals surface area (Å²) in [4.78, 5) is 0. The average molecular weight is 608 g/mol. The molecule has 0 aromatic carbocycles. The molecule has 4 radical (unpaired) electrons. The summed E-state index contributed by atoms with van der Waals surface area (Å²) in [5, 5.41) is 0. The third-order valence-electron chi connectivity index (χ3n) is 0. The van der Waals surface area contributed by atoms with Gasteiger partial charge in [0.05, 0.1) is 0 Å². The molecule has 0 N–H and O–H groups in total. The molecule has 0 spiro atoms. The Bertz CT molecular complexity index is 15.5. The maximum atomic E-state index is 0. The zero-order chi connectivity index (χ0) is 0. The van der Waals surface area contributed by atoms with Gasteiger partial charge in [0, 0.05) is 144 Å². The van der Waals surface area contributed by atoms with Crippen LogP contribution in [0.5, 0.6) is 0 Å². The van der Waals surface area contributed by atoms with Crippen LogP contribution in [0.3, 0.4) is 0 Å². The smallest absolute Gasteiger partial charge is 0 e. The van der Waals surface area contributed by atoms with Crippen molar-refractivity contribution in [2.45, 2.75) is 0 Å². The quantitative estimate of drug-likeness (QED) is 0.293. The maximum Gasteiger partial charge on any atom is 0 e. The molecule has 0 heterocycles. The van der Waals surface area contributed by atoms with E-state index in [1.54, 1.807) is 0 Å². The molecule has 0 rings (SSSR count). The predicted octanol–water partition coefficient (Wildman–Crippen LogP) is -1.57. The zero-order valence-corrected chi connectivity index (χ0v) is 13.6. The van der Waals surface area contributed by atoms with Crippen molar-refractivity contribution >= 4 is 34.3 Å². The minimum absolute atomic E-state index is 0. The van der Waals surface area contributed by atoms with Crippen molar-refractivity contribution in [2.24, 2.45) is 0 Å². The second-order valence-corrected chi connectivity index (χ2v) is 0. The van der Waals surface area contributed by atoms with Crippen LogP contribution in [0.15, 0.2) is 0 Å². The molecule has 6 heteroatoms. The fourth-order valence-electron chi connectivity index (χ4n) is 0. The first-order valence-corrected chi connectivity index (χ1v) is 0. The van der Waals surface area contributed by atoms with Gasteiger partial charge in [-0.25, -0.2) is 0 Å². The molecular formula is H3BCeFeInLaNd. The van der Waals surface area contributed by atoms with Gasteiger partial charge in [-0.05, 0) is 0 Å². The van der Waals surface area contributed by atoms with Gasteiger partial charge in [-0.2, -0.15) is 0 Å². The molecule has 28 valence electrons. The molecule has 6 heavy (non-hydrogen) atoms. The van der Waals surface area contributed by atoms with E-state index < -0.39 is 0 Å². The van der Waals surface area contributed by atoms with Crippen molar-refractivity contribution < 1.29 is 135 Å². The Morgan fingerprint density at radius 1 is 1.00 bits per heavy atom. The fraction of sp³-hybridized carbons (Fsp3) is 0. The molecule has 0 atom stereocenters. The molecule has 0 bridgehead atoms. The van der Waals surface area contributed by atoms with E-state index in [0.717, 1.165) is 0 Å². The van der Waals surface area contributed by atoms with Gasteiger partial charge in [0.25, 0.3) is 0 Å². The molecule has 0 amide bonds. The maximum absolute atomic E-state index is 0. The summed E-state index contributed by atoms with van der Waals surface area (Å²) < 4.78 is 0. The van der Waals surface area contributed by atoms with Crippen LogP contribution in [0.1, 0.15) is 0 Å². The minimum Gasteiger partial charge on any atom is 0 e. The molecule has 0 nitrogen and oxygen atoms in total. The van der Waals surface area contributed by atoms with Gasteiger partial charge in [-0.3, -0.25) is 0 Å². The van der Waals surface area contributed by atoms with Crippen LogP contribution >= 0.6 is 0 Å². The molecular weight excluding hydrogens is 605 g/mol.